The lowest BCUT2D eigenvalue weighted by Crippen LogP contribution is -2.28. The lowest BCUT2D eigenvalue weighted by atomic mass is 10.1. The predicted molar refractivity (Wildman–Crippen MR) is 283 cm³/mol. The van der Waals surface area contributed by atoms with Crippen LogP contribution in [-0.2, 0) is 19.1 Å². The van der Waals surface area contributed by atoms with Gasteiger partial charge in [0.25, 0.3) is 0 Å². The van der Waals surface area contributed by atoms with Crippen LogP contribution in [0.1, 0.15) is 200 Å². The Kier molecular flexibility index (Phi) is 50.6. The monoisotopic (exact) mass is 895 g/mol. The third kappa shape index (κ3) is 52.3. The van der Waals surface area contributed by atoms with Crippen LogP contribution in [0.3, 0.4) is 0 Å². The lowest BCUT2D eigenvalue weighted by Gasteiger charge is -2.15. The molecular weight excluding hydrogens is 801 g/mol. The summed E-state index contributed by atoms with van der Waals surface area (Å²) in [6, 6.07) is 0. The van der Waals surface area contributed by atoms with Gasteiger partial charge in [-0.05, 0) is 116 Å². The van der Waals surface area contributed by atoms with E-state index >= 15 is 0 Å². The van der Waals surface area contributed by atoms with Gasteiger partial charge in [-0.25, -0.2) is 0 Å². The van der Waals surface area contributed by atoms with Gasteiger partial charge in [-0.3, -0.25) is 9.59 Å². The smallest absolute Gasteiger partial charge is 0.306 e. The third-order valence-electron chi connectivity index (χ3n) is 10.3. The average Bonchev–Trinajstić information content (AvgIpc) is 3.31. The van der Waals surface area contributed by atoms with E-state index in [9.17, 15) is 14.7 Å². The number of hydrogen-bond donors (Lipinski definition) is 1. The summed E-state index contributed by atoms with van der Waals surface area (Å²) in [5.41, 5.74) is 0. The zero-order valence-corrected chi connectivity index (χ0v) is 41.4. The molecule has 5 nitrogen and oxygen atoms in total. The van der Waals surface area contributed by atoms with Crippen molar-refractivity contribution in [3.8, 4) is 0 Å². The Hall–Kier alpha value is -4.22. The maximum Gasteiger partial charge on any atom is 0.306 e. The summed E-state index contributed by atoms with van der Waals surface area (Å²) in [6.07, 6.45) is 82.4. The van der Waals surface area contributed by atoms with Crippen LogP contribution < -0.4 is 0 Å². The van der Waals surface area contributed by atoms with Gasteiger partial charge < -0.3 is 14.6 Å². The van der Waals surface area contributed by atoms with Crippen molar-refractivity contribution >= 4 is 11.9 Å². The highest BCUT2D eigenvalue weighted by Gasteiger charge is 2.16. The van der Waals surface area contributed by atoms with E-state index in [1.807, 2.05) is 0 Å². The summed E-state index contributed by atoms with van der Waals surface area (Å²) >= 11 is 0. The molecule has 0 amide bonds. The number of unbranched alkanes of at least 4 members (excludes halogenated alkanes) is 13. The quantitative estimate of drug-likeness (QED) is 0.0375. The van der Waals surface area contributed by atoms with Crippen molar-refractivity contribution in [1.29, 1.82) is 0 Å². The molecule has 0 rings (SSSR count). The number of esters is 2. The highest BCUT2D eigenvalue weighted by atomic mass is 16.6. The second-order valence-corrected chi connectivity index (χ2v) is 16.5. The first kappa shape index (κ1) is 60.8. The third-order valence-corrected chi connectivity index (χ3v) is 10.3. The van der Waals surface area contributed by atoms with Gasteiger partial charge in [0.2, 0.25) is 0 Å². The normalized spacial score (nSPS) is 13.5. The van der Waals surface area contributed by atoms with Crippen LogP contribution in [0.5, 0.6) is 0 Å². The number of aliphatic hydroxyl groups is 1. The fraction of sp³-hybridized carbons (Fsp3) is 0.567. The van der Waals surface area contributed by atoms with Crippen LogP contribution in [-0.4, -0.2) is 36.4 Å². The van der Waals surface area contributed by atoms with Crippen LogP contribution >= 0.6 is 0 Å². The van der Waals surface area contributed by atoms with Crippen LogP contribution in [0, 0.1) is 0 Å². The van der Waals surface area contributed by atoms with Gasteiger partial charge in [0, 0.05) is 12.8 Å². The first-order valence-corrected chi connectivity index (χ1v) is 25.9. The highest BCUT2D eigenvalue weighted by Crippen LogP contribution is 2.12. The molecule has 65 heavy (non-hydrogen) atoms. The molecule has 0 saturated carbocycles. The second kappa shape index (κ2) is 54.1. The summed E-state index contributed by atoms with van der Waals surface area (Å²) in [4.78, 5) is 24.3. The van der Waals surface area contributed by atoms with E-state index in [0.717, 1.165) is 128 Å². The number of hydrogen-bond acceptors (Lipinski definition) is 5. The zero-order chi connectivity index (χ0) is 47.0. The van der Waals surface area contributed by atoms with E-state index in [1.54, 1.807) is 0 Å². The fourth-order valence-corrected chi connectivity index (χ4v) is 6.50. The van der Waals surface area contributed by atoms with E-state index in [2.05, 4.69) is 160 Å². The molecule has 0 radical (unpaired) electrons. The number of carbonyl (C=O) groups excluding carboxylic acids is 2. The van der Waals surface area contributed by atoms with Crippen LogP contribution in [0.4, 0.5) is 0 Å². The molecule has 0 aliphatic carbocycles. The first-order valence-electron chi connectivity index (χ1n) is 25.9. The van der Waals surface area contributed by atoms with Crippen LogP contribution in [0.15, 0.2) is 146 Å². The molecule has 0 aromatic carbocycles. The largest absolute Gasteiger partial charge is 0.462 e. The Bertz CT molecular complexity index is 1430. The van der Waals surface area contributed by atoms with Crippen molar-refractivity contribution in [3.63, 3.8) is 0 Å². The molecule has 1 unspecified atom stereocenters. The molecule has 0 aliphatic rings. The van der Waals surface area contributed by atoms with Gasteiger partial charge in [0.05, 0.1) is 6.61 Å². The SMILES string of the molecule is CC/C=C\C/C=C\C/C=C\C/C=C\C/C=C\C/C=C\C/C=C\C/C=C\C/C=C\C/C=C\C/C=C\CCCCCCCCCC(=O)OC(CO)COC(=O)CCCCCCC/C=C\CCC. The summed E-state index contributed by atoms with van der Waals surface area (Å²) in [5.74, 6) is -0.628. The van der Waals surface area contributed by atoms with E-state index < -0.39 is 6.10 Å². The maximum atomic E-state index is 12.2. The van der Waals surface area contributed by atoms with Gasteiger partial charge in [-0.15, -0.1) is 0 Å². The van der Waals surface area contributed by atoms with Gasteiger partial charge in [0.15, 0.2) is 6.10 Å². The second-order valence-electron chi connectivity index (χ2n) is 16.5. The van der Waals surface area contributed by atoms with E-state index in [1.165, 1.54) is 44.9 Å². The summed E-state index contributed by atoms with van der Waals surface area (Å²) in [5, 5.41) is 9.57. The Morgan fingerprint density at radius 1 is 0.369 bits per heavy atom. The minimum atomic E-state index is -0.789. The maximum absolute atomic E-state index is 12.2. The molecule has 0 heterocycles. The molecule has 0 fully saturated rings. The Morgan fingerprint density at radius 2 is 0.662 bits per heavy atom. The summed E-state index contributed by atoms with van der Waals surface area (Å²) < 4.78 is 10.6. The zero-order valence-electron chi connectivity index (χ0n) is 41.4. The number of aliphatic hydroxyl groups excluding tert-OH is 1. The topological polar surface area (TPSA) is 72.8 Å². The van der Waals surface area contributed by atoms with E-state index in [-0.39, 0.29) is 25.2 Å². The molecule has 0 bridgehead atoms. The predicted octanol–water partition coefficient (Wildman–Crippen LogP) is 17.5. The molecular formula is C60H94O5. The molecule has 1 atom stereocenters. The number of ether oxygens (including phenoxy) is 2. The molecule has 364 valence electrons. The molecule has 1 N–H and O–H groups in total. The highest BCUT2D eigenvalue weighted by molar-refractivity contribution is 5.70. The minimum Gasteiger partial charge on any atom is -0.462 e. The number of rotatable bonds is 45. The summed E-state index contributed by atoms with van der Waals surface area (Å²) in [7, 11) is 0. The van der Waals surface area contributed by atoms with Crippen molar-refractivity contribution in [2.45, 2.75) is 206 Å². The first-order chi connectivity index (χ1) is 32.1. The molecule has 0 saturated heterocycles. The average molecular weight is 895 g/mol. The standard InChI is InChI=1S/C60H94O5/c1-3-5-7-9-11-13-15-16-17-18-19-20-21-22-23-24-25-26-27-28-29-30-31-32-33-34-35-36-37-38-39-40-41-42-43-44-45-47-49-51-53-55-60(63)65-58(56-61)57-64-59(62)54-52-50-48-46-14-12-10-8-6-4-2/h5,7-8,10-11,13,16-17,19-20,22-23,25-26,28-29,31-32,34-35,37-38,40-41,58,61H,3-4,6,9,12,14-15,18,21,24,27,30,33,36,39,42-57H2,1-2H3/b7-5-,10-8-,13-11-,17-16-,20-19-,23-22-,26-25-,29-28-,32-31-,35-34-,38-37-,41-40-. The van der Waals surface area contributed by atoms with Crippen LogP contribution in [0.25, 0.3) is 0 Å². The number of carbonyl (C=O) groups is 2. The van der Waals surface area contributed by atoms with Crippen molar-refractivity contribution in [3.05, 3.63) is 146 Å². The molecule has 0 aromatic rings. The fourth-order valence-electron chi connectivity index (χ4n) is 6.50. The molecule has 0 aliphatic heterocycles. The van der Waals surface area contributed by atoms with Gasteiger partial charge in [0.1, 0.15) is 6.61 Å². The minimum absolute atomic E-state index is 0.0829. The van der Waals surface area contributed by atoms with Crippen molar-refractivity contribution in [2.24, 2.45) is 0 Å². The van der Waals surface area contributed by atoms with E-state index in [0.29, 0.717) is 12.8 Å². The Morgan fingerprint density at radius 3 is 1.02 bits per heavy atom. The summed E-state index contributed by atoms with van der Waals surface area (Å²) in [6.45, 7) is 3.92. The lowest BCUT2D eigenvalue weighted by molar-refractivity contribution is -0.161. The Labute approximate surface area is 399 Å². The number of allylic oxidation sites excluding steroid dienone is 24. The van der Waals surface area contributed by atoms with Gasteiger partial charge >= 0.3 is 11.9 Å². The van der Waals surface area contributed by atoms with Crippen LogP contribution in [0.2, 0.25) is 0 Å². The molecule has 0 spiro atoms. The van der Waals surface area contributed by atoms with Crippen molar-refractivity contribution in [2.75, 3.05) is 13.2 Å². The molecule has 5 heteroatoms. The van der Waals surface area contributed by atoms with E-state index in [4.69, 9.17) is 9.47 Å². The Balaban J connectivity index is 3.64. The van der Waals surface area contributed by atoms with Crippen molar-refractivity contribution in [1.82, 2.24) is 0 Å². The van der Waals surface area contributed by atoms with Crippen molar-refractivity contribution < 1.29 is 24.2 Å². The van der Waals surface area contributed by atoms with Gasteiger partial charge in [-0.1, -0.05) is 217 Å². The molecule has 0 aromatic heterocycles. The van der Waals surface area contributed by atoms with Gasteiger partial charge in [-0.2, -0.15) is 0 Å².